The van der Waals surface area contributed by atoms with Crippen LogP contribution in [0, 0.1) is 6.92 Å². The lowest BCUT2D eigenvalue weighted by Crippen LogP contribution is -2.04. The molecular formula is C16H12BrClO2. The summed E-state index contributed by atoms with van der Waals surface area (Å²) < 4.78 is 6.51. The molecule has 2 aromatic rings. The van der Waals surface area contributed by atoms with E-state index >= 15 is 0 Å². The Balaban J connectivity index is 2.09. The minimum Gasteiger partial charge on any atom is -0.492 e. The molecule has 102 valence electrons. The minimum atomic E-state index is -0.0378. The summed E-state index contributed by atoms with van der Waals surface area (Å²) in [6.45, 7) is 2.52. The molecule has 0 saturated heterocycles. The number of fused-ring (bicyclic) bond motifs is 1. The van der Waals surface area contributed by atoms with Crippen LogP contribution in [0.25, 0.3) is 0 Å². The van der Waals surface area contributed by atoms with Gasteiger partial charge in [-0.25, -0.2) is 0 Å². The number of aryl methyl sites for hydroxylation is 1. The predicted molar refractivity (Wildman–Crippen MR) is 83.0 cm³/mol. The number of benzene rings is 2. The first kappa shape index (κ1) is 13.7. The van der Waals surface area contributed by atoms with Gasteiger partial charge >= 0.3 is 0 Å². The molecule has 0 unspecified atom stereocenters. The van der Waals surface area contributed by atoms with Gasteiger partial charge in [0.15, 0.2) is 5.78 Å². The van der Waals surface area contributed by atoms with E-state index in [9.17, 15) is 4.79 Å². The zero-order valence-corrected chi connectivity index (χ0v) is 13.2. The van der Waals surface area contributed by atoms with Gasteiger partial charge in [-0.15, -0.1) is 0 Å². The smallest absolute Gasteiger partial charge is 0.196 e. The lowest BCUT2D eigenvalue weighted by molar-refractivity contribution is 0.103. The van der Waals surface area contributed by atoms with Gasteiger partial charge in [0.2, 0.25) is 0 Å². The summed E-state index contributed by atoms with van der Waals surface area (Å²) in [7, 11) is 0. The highest BCUT2D eigenvalue weighted by molar-refractivity contribution is 9.10. The number of halogens is 2. The molecule has 1 heterocycles. The topological polar surface area (TPSA) is 26.3 Å². The number of hydrogen-bond acceptors (Lipinski definition) is 2. The van der Waals surface area contributed by atoms with E-state index in [0.29, 0.717) is 28.5 Å². The Morgan fingerprint density at radius 1 is 1.30 bits per heavy atom. The van der Waals surface area contributed by atoms with Crippen LogP contribution >= 0.6 is 27.5 Å². The molecule has 0 N–H and O–H groups in total. The summed E-state index contributed by atoms with van der Waals surface area (Å²) in [5.41, 5.74) is 3.20. The van der Waals surface area contributed by atoms with E-state index in [1.165, 1.54) is 0 Å². The van der Waals surface area contributed by atoms with Crippen LogP contribution in [0.15, 0.2) is 34.8 Å². The molecule has 0 saturated carbocycles. The number of carbonyl (C=O) groups is 1. The summed E-state index contributed by atoms with van der Waals surface area (Å²) in [5.74, 6) is 0.676. The quantitative estimate of drug-likeness (QED) is 0.741. The second-order valence-electron chi connectivity index (χ2n) is 4.83. The van der Waals surface area contributed by atoms with Crippen molar-refractivity contribution in [2.24, 2.45) is 0 Å². The van der Waals surface area contributed by atoms with E-state index in [-0.39, 0.29) is 5.78 Å². The molecule has 0 radical (unpaired) electrons. The molecule has 0 fully saturated rings. The number of hydrogen-bond donors (Lipinski definition) is 0. The van der Waals surface area contributed by atoms with Crippen LogP contribution < -0.4 is 4.74 Å². The van der Waals surface area contributed by atoms with E-state index in [0.717, 1.165) is 22.0 Å². The Labute approximate surface area is 130 Å². The van der Waals surface area contributed by atoms with Crippen molar-refractivity contribution in [2.75, 3.05) is 6.61 Å². The first-order valence-corrected chi connectivity index (χ1v) is 7.49. The van der Waals surface area contributed by atoms with Gasteiger partial charge in [0.05, 0.1) is 12.2 Å². The summed E-state index contributed by atoms with van der Waals surface area (Å²) in [6.07, 6.45) is 0.842. The molecule has 2 nitrogen and oxygen atoms in total. The maximum Gasteiger partial charge on any atom is 0.196 e. The van der Waals surface area contributed by atoms with E-state index in [1.807, 2.05) is 25.1 Å². The van der Waals surface area contributed by atoms with Crippen molar-refractivity contribution in [3.8, 4) is 5.75 Å². The summed E-state index contributed by atoms with van der Waals surface area (Å²) >= 11 is 9.46. The molecule has 20 heavy (non-hydrogen) atoms. The molecule has 0 spiro atoms. The molecule has 2 aromatic carbocycles. The Kier molecular flexibility index (Phi) is 3.57. The monoisotopic (exact) mass is 350 g/mol. The Bertz CT molecular complexity index is 710. The summed E-state index contributed by atoms with van der Waals surface area (Å²) in [5, 5.41) is 0.664. The fourth-order valence-corrected chi connectivity index (χ4v) is 3.00. The Hall–Kier alpha value is -1.32. The van der Waals surface area contributed by atoms with Gasteiger partial charge in [-0.3, -0.25) is 4.79 Å². The third-order valence-electron chi connectivity index (χ3n) is 3.41. The van der Waals surface area contributed by atoms with Crippen molar-refractivity contribution in [1.29, 1.82) is 0 Å². The molecule has 0 aromatic heterocycles. The molecule has 1 aliphatic heterocycles. The SMILES string of the molecule is Cc1cc(C(=O)c2cc(Br)cc3c2OCC3)ccc1Cl. The van der Waals surface area contributed by atoms with Gasteiger partial charge in [0.25, 0.3) is 0 Å². The van der Waals surface area contributed by atoms with Crippen LogP contribution in [0.1, 0.15) is 27.0 Å². The van der Waals surface area contributed by atoms with Crippen LogP contribution in [0.3, 0.4) is 0 Å². The molecule has 0 atom stereocenters. The third-order valence-corrected chi connectivity index (χ3v) is 4.30. The Morgan fingerprint density at radius 2 is 2.10 bits per heavy atom. The minimum absolute atomic E-state index is 0.0378. The fraction of sp³-hybridized carbons (Fsp3) is 0.188. The molecule has 0 bridgehead atoms. The molecular weight excluding hydrogens is 340 g/mol. The summed E-state index contributed by atoms with van der Waals surface area (Å²) in [4.78, 5) is 12.7. The van der Waals surface area contributed by atoms with E-state index < -0.39 is 0 Å². The first-order valence-electron chi connectivity index (χ1n) is 6.32. The van der Waals surface area contributed by atoms with Crippen molar-refractivity contribution in [3.05, 3.63) is 62.1 Å². The molecule has 0 amide bonds. The average Bonchev–Trinajstić information content (AvgIpc) is 2.88. The second kappa shape index (κ2) is 5.23. The lowest BCUT2D eigenvalue weighted by Gasteiger charge is -2.09. The van der Waals surface area contributed by atoms with Crippen LogP contribution in [0.5, 0.6) is 5.75 Å². The maximum absolute atomic E-state index is 12.7. The van der Waals surface area contributed by atoms with Crippen molar-refractivity contribution in [1.82, 2.24) is 0 Å². The van der Waals surface area contributed by atoms with Crippen LogP contribution in [0.4, 0.5) is 0 Å². The van der Waals surface area contributed by atoms with Crippen molar-refractivity contribution < 1.29 is 9.53 Å². The molecule has 0 aliphatic carbocycles. The number of ketones is 1. The zero-order chi connectivity index (χ0) is 14.3. The van der Waals surface area contributed by atoms with E-state index in [1.54, 1.807) is 12.1 Å². The van der Waals surface area contributed by atoms with E-state index in [4.69, 9.17) is 16.3 Å². The van der Waals surface area contributed by atoms with Gasteiger partial charge in [0, 0.05) is 21.5 Å². The van der Waals surface area contributed by atoms with Gasteiger partial charge in [0.1, 0.15) is 5.75 Å². The average molecular weight is 352 g/mol. The highest BCUT2D eigenvalue weighted by Gasteiger charge is 2.23. The highest BCUT2D eigenvalue weighted by atomic mass is 79.9. The number of rotatable bonds is 2. The maximum atomic E-state index is 12.7. The Morgan fingerprint density at radius 3 is 2.85 bits per heavy atom. The molecule has 1 aliphatic rings. The van der Waals surface area contributed by atoms with Gasteiger partial charge in [-0.2, -0.15) is 0 Å². The molecule has 4 heteroatoms. The van der Waals surface area contributed by atoms with Crippen LogP contribution in [-0.4, -0.2) is 12.4 Å². The van der Waals surface area contributed by atoms with Crippen molar-refractivity contribution in [2.45, 2.75) is 13.3 Å². The van der Waals surface area contributed by atoms with Gasteiger partial charge < -0.3 is 4.74 Å². The van der Waals surface area contributed by atoms with Crippen molar-refractivity contribution >= 4 is 33.3 Å². The lowest BCUT2D eigenvalue weighted by atomic mass is 9.99. The first-order chi connectivity index (χ1) is 9.56. The molecule has 3 rings (SSSR count). The van der Waals surface area contributed by atoms with Gasteiger partial charge in [-0.05, 0) is 48.4 Å². The number of carbonyl (C=O) groups excluding carboxylic acids is 1. The fourth-order valence-electron chi connectivity index (χ4n) is 2.38. The number of ether oxygens (including phenoxy) is 1. The van der Waals surface area contributed by atoms with Crippen LogP contribution in [0.2, 0.25) is 5.02 Å². The predicted octanol–water partition coefficient (Wildman–Crippen LogP) is 4.58. The third kappa shape index (κ3) is 2.36. The largest absolute Gasteiger partial charge is 0.492 e. The zero-order valence-electron chi connectivity index (χ0n) is 10.9. The van der Waals surface area contributed by atoms with E-state index in [2.05, 4.69) is 15.9 Å². The van der Waals surface area contributed by atoms with Gasteiger partial charge in [-0.1, -0.05) is 27.5 Å². The normalized spacial score (nSPS) is 12.9. The second-order valence-corrected chi connectivity index (χ2v) is 6.16. The standard InChI is InChI=1S/C16H12BrClO2/c1-9-6-10(2-3-14(9)18)15(19)13-8-12(17)7-11-4-5-20-16(11)13/h2-3,6-8H,4-5H2,1H3. The van der Waals surface area contributed by atoms with Crippen LogP contribution in [-0.2, 0) is 6.42 Å². The summed E-state index contributed by atoms with van der Waals surface area (Å²) in [6, 6.07) is 9.14. The highest BCUT2D eigenvalue weighted by Crippen LogP contribution is 2.34. The van der Waals surface area contributed by atoms with Crippen molar-refractivity contribution in [3.63, 3.8) is 0 Å².